The van der Waals surface area contributed by atoms with Crippen LogP contribution in [0.4, 0.5) is 0 Å². The van der Waals surface area contributed by atoms with Crippen LogP contribution >= 0.6 is 0 Å². The second-order valence-electron chi connectivity index (χ2n) is 7.53. The van der Waals surface area contributed by atoms with E-state index < -0.39 is 0 Å². The fraction of sp³-hybridized carbons (Fsp3) is 0.579. The number of fused-ring (bicyclic) bond motifs is 1. The van der Waals surface area contributed by atoms with Crippen molar-refractivity contribution in [1.29, 1.82) is 0 Å². The molecule has 4 heterocycles. The quantitative estimate of drug-likeness (QED) is 0.797. The molecule has 4 unspecified atom stereocenters. The molecule has 0 spiro atoms. The van der Waals surface area contributed by atoms with Gasteiger partial charge in [-0.05, 0) is 37.0 Å². The van der Waals surface area contributed by atoms with E-state index in [1.54, 1.807) is 0 Å². The van der Waals surface area contributed by atoms with Crippen molar-refractivity contribution in [2.75, 3.05) is 6.54 Å². The van der Waals surface area contributed by atoms with Crippen LogP contribution in [0.2, 0.25) is 0 Å². The van der Waals surface area contributed by atoms with Crippen molar-refractivity contribution in [2.24, 2.45) is 5.92 Å². The summed E-state index contributed by atoms with van der Waals surface area (Å²) in [6, 6.07) is 5.44. The van der Waals surface area contributed by atoms with E-state index in [1.165, 1.54) is 11.1 Å². The molecule has 2 aromatic heterocycles. The Balaban J connectivity index is 1.55. The molecule has 2 aliphatic heterocycles. The summed E-state index contributed by atoms with van der Waals surface area (Å²) in [6.07, 6.45) is 7.20. The summed E-state index contributed by atoms with van der Waals surface area (Å²) in [7, 11) is 0. The van der Waals surface area contributed by atoms with E-state index in [0.717, 1.165) is 25.2 Å². The topological polar surface area (TPSA) is 66.8 Å². The third-order valence-corrected chi connectivity index (χ3v) is 5.63. The number of aromatic nitrogens is 3. The standard InChI is InChI=1S/C19H28N6/c1-4-25-11-14(9-22-25)16-8-15-18(10-21-16)23-24-19(15)17-7-13(12(2)3)5-6-20-17/h5-7,9,11-12,15-16,18-19,21,23-24H,4,8,10H2,1-3H3. The number of aryl methyl sites for hydroxylation is 1. The molecule has 4 rings (SSSR count). The minimum absolute atomic E-state index is 0.259. The SMILES string of the molecule is CCn1cc(C2CC3C(CN2)NNC3c2cc(C(C)C)ccn2)cn1. The average Bonchev–Trinajstić information content (AvgIpc) is 3.28. The number of hydrogen-bond donors (Lipinski definition) is 3. The molecule has 0 amide bonds. The molecule has 2 saturated heterocycles. The Bertz CT molecular complexity index is 724. The monoisotopic (exact) mass is 340 g/mol. The van der Waals surface area contributed by atoms with E-state index in [1.807, 2.05) is 17.1 Å². The molecule has 25 heavy (non-hydrogen) atoms. The fourth-order valence-electron chi connectivity index (χ4n) is 4.05. The van der Waals surface area contributed by atoms with Gasteiger partial charge in [0, 0.05) is 49.0 Å². The number of nitrogens with one attached hydrogen (secondary N) is 3. The number of pyridine rings is 1. The smallest absolute Gasteiger partial charge is 0.0679 e. The first-order valence-electron chi connectivity index (χ1n) is 9.38. The zero-order valence-corrected chi connectivity index (χ0v) is 15.2. The van der Waals surface area contributed by atoms with E-state index >= 15 is 0 Å². The van der Waals surface area contributed by atoms with Crippen LogP contribution in [0, 0.1) is 5.92 Å². The number of hydrazine groups is 1. The van der Waals surface area contributed by atoms with Crippen molar-refractivity contribution in [2.45, 2.75) is 57.8 Å². The van der Waals surface area contributed by atoms with Gasteiger partial charge >= 0.3 is 0 Å². The van der Waals surface area contributed by atoms with Crippen LogP contribution in [-0.4, -0.2) is 27.4 Å². The van der Waals surface area contributed by atoms with Crippen LogP contribution < -0.4 is 16.2 Å². The second kappa shape index (κ2) is 6.86. The zero-order valence-electron chi connectivity index (χ0n) is 15.2. The molecule has 2 fully saturated rings. The summed E-state index contributed by atoms with van der Waals surface area (Å²) in [5, 5.41) is 8.11. The van der Waals surface area contributed by atoms with Crippen LogP contribution in [0.25, 0.3) is 0 Å². The van der Waals surface area contributed by atoms with Gasteiger partial charge in [-0.15, -0.1) is 0 Å². The van der Waals surface area contributed by atoms with E-state index in [-0.39, 0.29) is 6.04 Å². The lowest BCUT2D eigenvalue weighted by Gasteiger charge is -2.33. The Morgan fingerprint density at radius 1 is 1.32 bits per heavy atom. The van der Waals surface area contributed by atoms with Gasteiger partial charge in [-0.2, -0.15) is 5.10 Å². The Hall–Kier alpha value is -1.76. The fourth-order valence-corrected chi connectivity index (χ4v) is 4.05. The lowest BCUT2D eigenvalue weighted by atomic mass is 9.81. The van der Waals surface area contributed by atoms with Crippen molar-refractivity contribution < 1.29 is 0 Å². The van der Waals surface area contributed by atoms with Crippen LogP contribution in [0.1, 0.15) is 62.0 Å². The van der Waals surface area contributed by atoms with E-state index in [9.17, 15) is 0 Å². The lowest BCUT2D eigenvalue weighted by Crippen LogP contribution is -2.46. The molecule has 2 aromatic rings. The largest absolute Gasteiger partial charge is 0.308 e. The summed E-state index contributed by atoms with van der Waals surface area (Å²) in [5.74, 6) is 1.04. The summed E-state index contributed by atoms with van der Waals surface area (Å²) in [4.78, 5) is 4.67. The molecule has 134 valence electrons. The second-order valence-corrected chi connectivity index (χ2v) is 7.53. The van der Waals surface area contributed by atoms with Gasteiger partial charge in [0.25, 0.3) is 0 Å². The van der Waals surface area contributed by atoms with E-state index in [0.29, 0.717) is 23.9 Å². The van der Waals surface area contributed by atoms with Crippen LogP contribution in [0.3, 0.4) is 0 Å². The average molecular weight is 340 g/mol. The normalized spacial score (nSPS) is 29.1. The molecule has 0 saturated carbocycles. The Morgan fingerprint density at radius 2 is 2.20 bits per heavy atom. The highest BCUT2D eigenvalue weighted by molar-refractivity contribution is 5.24. The first-order valence-corrected chi connectivity index (χ1v) is 9.38. The van der Waals surface area contributed by atoms with E-state index in [2.05, 4.69) is 65.4 Å². The summed E-state index contributed by atoms with van der Waals surface area (Å²) in [5.41, 5.74) is 10.8. The van der Waals surface area contributed by atoms with Crippen LogP contribution in [-0.2, 0) is 6.54 Å². The van der Waals surface area contributed by atoms with Gasteiger partial charge in [0.2, 0.25) is 0 Å². The van der Waals surface area contributed by atoms with Crippen LogP contribution in [0.15, 0.2) is 30.7 Å². The molecule has 4 atom stereocenters. The van der Waals surface area contributed by atoms with Gasteiger partial charge in [0.1, 0.15) is 0 Å². The number of rotatable bonds is 4. The highest BCUT2D eigenvalue weighted by atomic mass is 15.4. The van der Waals surface area contributed by atoms with Gasteiger partial charge in [0.15, 0.2) is 0 Å². The van der Waals surface area contributed by atoms with Crippen molar-refractivity contribution in [1.82, 2.24) is 30.9 Å². The maximum Gasteiger partial charge on any atom is 0.0679 e. The lowest BCUT2D eigenvalue weighted by molar-refractivity contribution is 0.265. The van der Waals surface area contributed by atoms with Crippen molar-refractivity contribution >= 4 is 0 Å². The summed E-state index contributed by atoms with van der Waals surface area (Å²) >= 11 is 0. The highest BCUT2D eigenvalue weighted by Gasteiger charge is 2.42. The predicted octanol–water partition coefficient (Wildman–Crippen LogP) is 2.29. The minimum Gasteiger partial charge on any atom is -0.308 e. The molecule has 0 radical (unpaired) electrons. The van der Waals surface area contributed by atoms with Gasteiger partial charge < -0.3 is 5.32 Å². The molecule has 2 aliphatic rings. The molecule has 6 nitrogen and oxygen atoms in total. The third kappa shape index (κ3) is 3.21. The molecule has 3 N–H and O–H groups in total. The predicted molar refractivity (Wildman–Crippen MR) is 97.9 cm³/mol. The molecule has 0 aromatic carbocycles. The molecule has 0 bridgehead atoms. The maximum atomic E-state index is 4.67. The number of piperidine rings is 1. The summed E-state index contributed by atoms with van der Waals surface area (Å²) in [6.45, 7) is 8.45. The third-order valence-electron chi connectivity index (χ3n) is 5.63. The number of nitrogens with zero attached hydrogens (tertiary/aromatic N) is 3. The van der Waals surface area contributed by atoms with Crippen LogP contribution in [0.5, 0.6) is 0 Å². The van der Waals surface area contributed by atoms with Gasteiger partial charge in [-0.25, -0.2) is 5.43 Å². The van der Waals surface area contributed by atoms with E-state index in [4.69, 9.17) is 0 Å². The number of hydrogen-bond acceptors (Lipinski definition) is 5. The molecular formula is C19H28N6. The summed E-state index contributed by atoms with van der Waals surface area (Å²) < 4.78 is 2.00. The van der Waals surface area contributed by atoms with Gasteiger partial charge in [-0.3, -0.25) is 15.1 Å². The van der Waals surface area contributed by atoms with Gasteiger partial charge in [0.05, 0.1) is 17.9 Å². The Kier molecular flexibility index (Phi) is 4.58. The Labute approximate surface area is 149 Å². The zero-order chi connectivity index (χ0) is 17.4. The molecule has 0 aliphatic carbocycles. The first kappa shape index (κ1) is 16.7. The van der Waals surface area contributed by atoms with Crippen molar-refractivity contribution in [3.8, 4) is 0 Å². The van der Waals surface area contributed by atoms with Crippen molar-refractivity contribution in [3.05, 3.63) is 47.5 Å². The minimum atomic E-state index is 0.259. The Morgan fingerprint density at radius 3 is 2.96 bits per heavy atom. The molecule has 6 heteroatoms. The van der Waals surface area contributed by atoms with Gasteiger partial charge in [-0.1, -0.05) is 13.8 Å². The maximum absolute atomic E-state index is 4.67. The van der Waals surface area contributed by atoms with Crippen molar-refractivity contribution in [3.63, 3.8) is 0 Å². The highest BCUT2D eigenvalue weighted by Crippen LogP contribution is 2.38. The first-order chi connectivity index (χ1) is 12.2. The molecular weight excluding hydrogens is 312 g/mol.